The summed E-state index contributed by atoms with van der Waals surface area (Å²) in [6.45, 7) is 9.45. The van der Waals surface area contributed by atoms with E-state index in [-0.39, 0.29) is 12.1 Å². The average Bonchev–Trinajstić information content (AvgIpc) is 2.22. The van der Waals surface area contributed by atoms with Crippen LogP contribution in [0.15, 0.2) is 6.07 Å². The summed E-state index contributed by atoms with van der Waals surface area (Å²) in [5.41, 5.74) is 3.44. The quantitative estimate of drug-likeness (QED) is 0.756. The summed E-state index contributed by atoms with van der Waals surface area (Å²) in [6, 6.07) is 1.87. The maximum atomic E-state index is 12.0. The number of ether oxygens (including phenoxy) is 2. The van der Waals surface area contributed by atoms with Crippen LogP contribution in [0, 0.1) is 20.8 Å². The van der Waals surface area contributed by atoms with E-state index in [1.165, 1.54) is 0 Å². The van der Waals surface area contributed by atoms with Crippen LogP contribution in [0.1, 0.15) is 40.9 Å². The van der Waals surface area contributed by atoms with Crippen molar-refractivity contribution in [2.75, 3.05) is 7.11 Å². The standard InChI is InChI=1S/C14H20O3/c1-8(2)17-14(15)13-9(3)7-12(16-6)10(4)11(13)5/h7-8H,1-6H3. The van der Waals surface area contributed by atoms with Crippen LogP contribution in [-0.2, 0) is 4.74 Å². The molecule has 1 rings (SSSR count). The number of aryl methyl sites for hydroxylation is 1. The SMILES string of the molecule is COc1cc(C)c(C(=O)OC(C)C)c(C)c1C. The molecule has 0 amide bonds. The molecule has 0 saturated carbocycles. The van der Waals surface area contributed by atoms with Gasteiger partial charge in [0, 0.05) is 0 Å². The minimum absolute atomic E-state index is 0.108. The number of esters is 1. The maximum Gasteiger partial charge on any atom is 0.338 e. The van der Waals surface area contributed by atoms with Gasteiger partial charge in [-0.1, -0.05) is 0 Å². The highest BCUT2D eigenvalue weighted by Crippen LogP contribution is 2.28. The Hall–Kier alpha value is -1.51. The fourth-order valence-corrected chi connectivity index (χ4v) is 1.84. The first-order chi connectivity index (χ1) is 7.88. The van der Waals surface area contributed by atoms with E-state index >= 15 is 0 Å². The Morgan fingerprint density at radius 1 is 1.18 bits per heavy atom. The van der Waals surface area contributed by atoms with Crippen LogP contribution >= 0.6 is 0 Å². The van der Waals surface area contributed by atoms with Crippen LogP contribution in [0.5, 0.6) is 5.75 Å². The second-order valence-corrected chi connectivity index (χ2v) is 4.47. The molecule has 3 nitrogen and oxygen atoms in total. The lowest BCUT2D eigenvalue weighted by molar-refractivity contribution is 0.0376. The summed E-state index contributed by atoms with van der Waals surface area (Å²) in [5.74, 6) is 0.543. The lowest BCUT2D eigenvalue weighted by Crippen LogP contribution is -2.15. The molecular weight excluding hydrogens is 216 g/mol. The van der Waals surface area contributed by atoms with Gasteiger partial charge in [0.05, 0.1) is 18.8 Å². The third-order valence-corrected chi connectivity index (χ3v) is 2.82. The summed E-state index contributed by atoms with van der Waals surface area (Å²) in [4.78, 5) is 12.0. The van der Waals surface area contributed by atoms with E-state index in [1.54, 1.807) is 7.11 Å². The third-order valence-electron chi connectivity index (χ3n) is 2.82. The number of hydrogen-bond acceptors (Lipinski definition) is 3. The first-order valence-corrected chi connectivity index (χ1v) is 5.74. The van der Waals surface area contributed by atoms with Crippen LogP contribution < -0.4 is 4.74 Å². The molecule has 0 fully saturated rings. The number of carbonyl (C=O) groups is 1. The van der Waals surface area contributed by atoms with Crippen molar-refractivity contribution in [1.82, 2.24) is 0 Å². The van der Waals surface area contributed by atoms with Crippen LogP contribution in [0.4, 0.5) is 0 Å². The maximum absolute atomic E-state index is 12.0. The zero-order chi connectivity index (χ0) is 13.2. The van der Waals surface area contributed by atoms with Crippen molar-refractivity contribution in [3.05, 3.63) is 28.3 Å². The molecule has 1 aromatic rings. The van der Waals surface area contributed by atoms with Crippen LogP contribution in [0.25, 0.3) is 0 Å². The van der Waals surface area contributed by atoms with Gasteiger partial charge in [-0.3, -0.25) is 0 Å². The second-order valence-electron chi connectivity index (χ2n) is 4.47. The summed E-state index contributed by atoms with van der Waals surface area (Å²) >= 11 is 0. The molecule has 0 spiro atoms. The molecular formula is C14H20O3. The minimum Gasteiger partial charge on any atom is -0.496 e. The molecule has 1 aromatic carbocycles. The number of benzene rings is 1. The van der Waals surface area contributed by atoms with Crippen molar-refractivity contribution in [3.8, 4) is 5.75 Å². The number of hydrogen-bond donors (Lipinski definition) is 0. The van der Waals surface area contributed by atoms with Crippen LogP contribution in [0.2, 0.25) is 0 Å². The van der Waals surface area contributed by atoms with E-state index in [1.807, 2.05) is 40.7 Å². The summed E-state index contributed by atoms with van der Waals surface area (Å²) in [6.07, 6.45) is -0.108. The van der Waals surface area contributed by atoms with Crippen molar-refractivity contribution < 1.29 is 14.3 Å². The van der Waals surface area contributed by atoms with E-state index in [0.717, 1.165) is 22.4 Å². The first-order valence-electron chi connectivity index (χ1n) is 5.74. The Morgan fingerprint density at radius 3 is 2.24 bits per heavy atom. The van der Waals surface area contributed by atoms with Crippen molar-refractivity contribution in [2.24, 2.45) is 0 Å². The molecule has 0 aromatic heterocycles. The highest BCUT2D eigenvalue weighted by atomic mass is 16.5. The monoisotopic (exact) mass is 236 g/mol. The lowest BCUT2D eigenvalue weighted by atomic mass is 9.97. The highest BCUT2D eigenvalue weighted by Gasteiger charge is 2.18. The van der Waals surface area contributed by atoms with E-state index in [9.17, 15) is 4.79 Å². The number of carbonyl (C=O) groups excluding carboxylic acids is 1. The number of rotatable bonds is 3. The van der Waals surface area contributed by atoms with Gasteiger partial charge in [0.25, 0.3) is 0 Å². The molecule has 0 unspecified atom stereocenters. The molecule has 0 saturated heterocycles. The predicted molar refractivity (Wildman–Crippen MR) is 67.8 cm³/mol. The van der Waals surface area contributed by atoms with Gasteiger partial charge in [-0.05, 0) is 57.4 Å². The van der Waals surface area contributed by atoms with Gasteiger partial charge in [0.15, 0.2) is 0 Å². The highest BCUT2D eigenvalue weighted by molar-refractivity contribution is 5.93. The molecule has 0 heterocycles. The molecule has 0 bridgehead atoms. The molecule has 17 heavy (non-hydrogen) atoms. The fraction of sp³-hybridized carbons (Fsp3) is 0.500. The second kappa shape index (κ2) is 5.21. The zero-order valence-electron chi connectivity index (χ0n) is 11.4. The van der Waals surface area contributed by atoms with E-state index < -0.39 is 0 Å². The lowest BCUT2D eigenvalue weighted by Gasteiger charge is -2.16. The average molecular weight is 236 g/mol. The van der Waals surface area contributed by atoms with Gasteiger partial charge in [0.2, 0.25) is 0 Å². The molecule has 0 atom stereocenters. The molecule has 0 N–H and O–H groups in total. The molecule has 3 heteroatoms. The fourth-order valence-electron chi connectivity index (χ4n) is 1.84. The summed E-state index contributed by atoms with van der Waals surface area (Å²) in [7, 11) is 1.63. The topological polar surface area (TPSA) is 35.5 Å². The van der Waals surface area contributed by atoms with E-state index in [4.69, 9.17) is 9.47 Å². The molecule has 0 aliphatic carbocycles. The Bertz CT molecular complexity index is 434. The molecule has 0 radical (unpaired) electrons. The van der Waals surface area contributed by atoms with Gasteiger partial charge in [0.1, 0.15) is 5.75 Å². The normalized spacial score (nSPS) is 10.5. The molecule has 0 aliphatic heterocycles. The van der Waals surface area contributed by atoms with Crippen LogP contribution in [0.3, 0.4) is 0 Å². The zero-order valence-corrected chi connectivity index (χ0v) is 11.4. The van der Waals surface area contributed by atoms with Crippen molar-refractivity contribution in [2.45, 2.75) is 40.7 Å². The first kappa shape index (κ1) is 13.6. The van der Waals surface area contributed by atoms with Gasteiger partial charge in [-0.25, -0.2) is 4.79 Å². The van der Waals surface area contributed by atoms with Gasteiger partial charge >= 0.3 is 5.97 Å². The van der Waals surface area contributed by atoms with E-state index in [0.29, 0.717) is 5.56 Å². The minimum atomic E-state index is -0.263. The van der Waals surface area contributed by atoms with Crippen molar-refractivity contribution in [1.29, 1.82) is 0 Å². The van der Waals surface area contributed by atoms with Gasteiger partial charge in [-0.2, -0.15) is 0 Å². The Labute approximate surface area is 103 Å². The summed E-state index contributed by atoms with van der Waals surface area (Å²) < 4.78 is 10.5. The summed E-state index contributed by atoms with van der Waals surface area (Å²) in [5, 5.41) is 0. The van der Waals surface area contributed by atoms with Gasteiger partial charge < -0.3 is 9.47 Å². The van der Waals surface area contributed by atoms with E-state index in [2.05, 4.69) is 0 Å². The van der Waals surface area contributed by atoms with Crippen LogP contribution in [-0.4, -0.2) is 19.2 Å². The Balaban J connectivity index is 3.26. The largest absolute Gasteiger partial charge is 0.496 e. The van der Waals surface area contributed by atoms with Gasteiger partial charge in [-0.15, -0.1) is 0 Å². The Kier molecular flexibility index (Phi) is 4.16. The Morgan fingerprint density at radius 2 is 1.76 bits per heavy atom. The predicted octanol–water partition coefficient (Wildman–Crippen LogP) is 3.19. The smallest absolute Gasteiger partial charge is 0.338 e. The van der Waals surface area contributed by atoms with Crippen molar-refractivity contribution >= 4 is 5.97 Å². The van der Waals surface area contributed by atoms with Crippen molar-refractivity contribution in [3.63, 3.8) is 0 Å². The number of methoxy groups -OCH3 is 1. The third kappa shape index (κ3) is 2.78. The molecule has 94 valence electrons. The molecule has 0 aliphatic rings.